The lowest BCUT2D eigenvalue weighted by Crippen LogP contribution is -2.19. The van der Waals surface area contributed by atoms with Crippen LogP contribution in [0.25, 0.3) is 0 Å². The maximum Gasteiger partial charge on any atom is 0.147 e. The van der Waals surface area contributed by atoms with E-state index < -0.39 is 12.2 Å². The molecule has 15 heavy (non-hydrogen) atoms. The normalized spacial score (nSPS) is 14.9. The Labute approximate surface area is 94.6 Å². The second-order valence-corrected chi connectivity index (χ2v) is 3.66. The first-order chi connectivity index (χ1) is 7.16. The van der Waals surface area contributed by atoms with E-state index in [1.165, 1.54) is 7.11 Å². The number of rotatable bonds is 5. The Morgan fingerprint density at radius 3 is 2.60 bits per heavy atom. The number of methoxy groups -OCH3 is 1. The number of halogens is 1. The van der Waals surface area contributed by atoms with E-state index in [0.29, 0.717) is 5.02 Å². The average Bonchev–Trinajstić information content (AvgIpc) is 2.20. The predicted molar refractivity (Wildman–Crippen MR) is 58.8 cm³/mol. The molecule has 3 nitrogen and oxygen atoms in total. The van der Waals surface area contributed by atoms with E-state index in [9.17, 15) is 5.11 Å². The molecule has 0 fully saturated rings. The van der Waals surface area contributed by atoms with Crippen LogP contribution in [0.2, 0.25) is 5.02 Å². The zero-order valence-corrected chi connectivity index (χ0v) is 9.57. The van der Waals surface area contributed by atoms with E-state index >= 15 is 0 Å². The molecule has 0 radical (unpaired) electrons. The molecule has 1 N–H and O–H groups in total. The number of ether oxygens (including phenoxy) is 2. The van der Waals surface area contributed by atoms with Crippen LogP contribution in [0.5, 0.6) is 0 Å². The first-order valence-corrected chi connectivity index (χ1v) is 5.07. The predicted octanol–water partition coefficient (Wildman–Crippen LogP) is 2.38. The summed E-state index contributed by atoms with van der Waals surface area (Å²) in [6.45, 7) is 1.78. The largest absolute Gasteiger partial charge is 0.390 e. The van der Waals surface area contributed by atoms with Crippen LogP contribution in [-0.2, 0) is 9.47 Å². The minimum atomic E-state index is -0.639. The van der Waals surface area contributed by atoms with Gasteiger partial charge in [-0.15, -0.1) is 0 Å². The standard InChI is InChI=1S/C11H15ClO3/c1-8(13)11(15-7-14-2)9-5-3-4-6-10(9)12/h3-6,8,11,13H,7H2,1-2H3/t8-,11+/m1/s1. The van der Waals surface area contributed by atoms with Crippen molar-refractivity contribution in [1.29, 1.82) is 0 Å². The van der Waals surface area contributed by atoms with Crippen molar-refractivity contribution in [2.24, 2.45) is 0 Å². The summed E-state index contributed by atoms with van der Waals surface area (Å²) in [6, 6.07) is 7.28. The second-order valence-electron chi connectivity index (χ2n) is 3.26. The molecule has 0 unspecified atom stereocenters. The van der Waals surface area contributed by atoms with Crippen LogP contribution in [0.4, 0.5) is 0 Å². The van der Waals surface area contributed by atoms with Crippen LogP contribution in [0.3, 0.4) is 0 Å². The molecule has 0 aliphatic heterocycles. The van der Waals surface area contributed by atoms with Crippen molar-refractivity contribution in [1.82, 2.24) is 0 Å². The first-order valence-electron chi connectivity index (χ1n) is 4.70. The highest BCUT2D eigenvalue weighted by Gasteiger charge is 2.20. The Morgan fingerprint density at radius 2 is 2.07 bits per heavy atom. The molecule has 0 aliphatic carbocycles. The molecule has 1 aromatic rings. The summed E-state index contributed by atoms with van der Waals surface area (Å²) in [6.07, 6.45) is -1.10. The van der Waals surface area contributed by atoms with Gasteiger partial charge in [0, 0.05) is 17.7 Å². The molecule has 0 aromatic heterocycles. The fourth-order valence-electron chi connectivity index (χ4n) is 1.34. The minimum absolute atomic E-state index is 0.126. The van der Waals surface area contributed by atoms with Gasteiger partial charge in [-0.3, -0.25) is 0 Å². The fourth-order valence-corrected chi connectivity index (χ4v) is 1.58. The average molecular weight is 231 g/mol. The molecular formula is C11H15ClO3. The van der Waals surface area contributed by atoms with E-state index in [4.69, 9.17) is 21.1 Å². The monoisotopic (exact) mass is 230 g/mol. The van der Waals surface area contributed by atoms with Gasteiger partial charge in [0.1, 0.15) is 12.9 Å². The summed E-state index contributed by atoms with van der Waals surface area (Å²) in [5.41, 5.74) is 0.770. The van der Waals surface area contributed by atoms with Crippen LogP contribution < -0.4 is 0 Å². The lowest BCUT2D eigenvalue weighted by Gasteiger charge is -2.21. The van der Waals surface area contributed by atoms with Crippen molar-refractivity contribution < 1.29 is 14.6 Å². The number of hydrogen-bond donors (Lipinski definition) is 1. The highest BCUT2D eigenvalue weighted by Crippen LogP contribution is 2.27. The lowest BCUT2D eigenvalue weighted by molar-refractivity contribution is -0.110. The van der Waals surface area contributed by atoms with Gasteiger partial charge in [0.2, 0.25) is 0 Å². The van der Waals surface area contributed by atoms with Crippen molar-refractivity contribution in [3.8, 4) is 0 Å². The minimum Gasteiger partial charge on any atom is -0.390 e. The number of hydrogen-bond acceptors (Lipinski definition) is 3. The highest BCUT2D eigenvalue weighted by atomic mass is 35.5. The molecular weight excluding hydrogens is 216 g/mol. The molecule has 84 valence electrons. The van der Waals surface area contributed by atoms with Gasteiger partial charge in [0.25, 0.3) is 0 Å². The van der Waals surface area contributed by atoms with Crippen LogP contribution >= 0.6 is 11.6 Å². The van der Waals surface area contributed by atoms with Gasteiger partial charge < -0.3 is 14.6 Å². The molecule has 2 atom stereocenters. The van der Waals surface area contributed by atoms with Crippen LogP contribution in [-0.4, -0.2) is 25.1 Å². The van der Waals surface area contributed by atoms with Crippen molar-refractivity contribution in [3.05, 3.63) is 34.9 Å². The number of aliphatic hydroxyl groups excluding tert-OH is 1. The van der Waals surface area contributed by atoms with Gasteiger partial charge in [-0.05, 0) is 13.0 Å². The molecule has 0 saturated heterocycles. The third-order valence-electron chi connectivity index (χ3n) is 2.02. The summed E-state index contributed by atoms with van der Waals surface area (Å²) < 4.78 is 10.2. The zero-order chi connectivity index (χ0) is 11.3. The third kappa shape index (κ3) is 3.47. The SMILES string of the molecule is COCO[C@H](c1ccccc1Cl)[C@@H](C)O. The van der Waals surface area contributed by atoms with E-state index in [1.807, 2.05) is 18.2 Å². The molecule has 0 amide bonds. The lowest BCUT2D eigenvalue weighted by atomic mass is 10.1. The zero-order valence-electron chi connectivity index (χ0n) is 8.81. The fraction of sp³-hybridized carbons (Fsp3) is 0.455. The molecule has 1 aromatic carbocycles. The van der Waals surface area contributed by atoms with E-state index in [2.05, 4.69) is 0 Å². The van der Waals surface area contributed by atoms with Crippen molar-refractivity contribution in [3.63, 3.8) is 0 Å². The van der Waals surface area contributed by atoms with Gasteiger partial charge in [-0.2, -0.15) is 0 Å². The highest BCUT2D eigenvalue weighted by molar-refractivity contribution is 6.31. The summed E-state index contributed by atoms with van der Waals surface area (Å²) in [5.74, 6) is 0. The number of benzene rings is 1. The molecule has 0 heterocycles. The van der Waals surface area contributed by atoms with Crippen molar-refractivity contribution in [2.45, 2.75) is 19.1 Å². The number of aliphatic hydroxyl groups is 1. The van der Waals surface area contributed by atoms with Gasteiger partial charge in [-0.1, -0.05) is 29.8 Å². The first kappa shape index (κ1) is 12.5. The Balaban J connectivity index is 2.84. The quantitative estimate of drug-likeness (QED) is 0.790. The Hall–Kier alpha value is -0.610. The molecule has 0 aliphatic rings. The maximum absolute atomic E-state index is 9.58. The van der Waals surface area contributed by atoms with Crippen LogP contribution in [0, 0.1) is 0 Å². The van der Waals surface area contributed by atoms with Gasteiger partial charge in [-0.25, -0.2) is 0 Å². The van der Waals surface area contributed by atoms with E-state index in [0.717, 1.165) is 5.56 Å². The maximum atomic E-state index is 9.58. The van der Waals surface area contributed by atoms with Gasteiger partial charge in [0.05, 0.1) is 6.10 Å². The topological polar surface area (TPSA) is 38.7 Å². The molecule has 0 saturated carbocycles. The Kier molecular flexibility index (Phi) is 5.05. The summed E-state index contributed by atoms with van der Waals surface area (Å²) in [5, 5.41) is 10.2. The summed E-state index contributed by atoms with van der Waals surface area (Å²) in [4.78, 5) is 0. The van der Waals surface area contributed by atoms with Crippen molar-refractivity contribution >= 4 is 11.6 Å². The smallest absolute Gasteiger partial charge is 0.147 e. The summed E-state index contributed by atoms with van der Waals surface area (Å²) in [7, 11) is 1.53. The Bertz CT molecular complexity index is 302. The molecule has 0 bridgehead atoms. The molecule has 1 rings (SSSR count). The van der Waals surface area contributed by atoms with E-state index in [1.54, 1.807) is 13.0 Å². The summed E-state index contributed by atoms with van der Waals surface area (Å²) >= 11 is 6.01. The molecule has 0 spiro atoms. The third-order valence-corrected chi connectivity index (χ3v) is 2.36. The molecule has 4 heteroatoms. The van der Waals surface area contributed by atoms with Crippen molar-refractivity contribution in [2.75, 3.05) is 13.9 Å². The Morgan fingerprint density at radius 1 is 1.40 bits per heavy atom. The van der Waals surface area contributed by atoms with Crippen LogP contribution in [0.1, 0.15) is 18.6 Å². The van der Waals surface area contributed by atoms with Crippen LogP contribution in [0.15, 0.2) is 24.3 Å². The van der Waals surface area contributed by atoms with Gasteiger partial charge >= 0.3 is 0 Å². The second kappa shape index (κ2) is 6.08. The van der Waals surface area contributed by atoms with Gasteiger partial charge in [0.15, 0.2) is 0 Å². The van der Waals surface area contributed by atoms with E-state index in [-0.39, 0.29) is 6.79 Å².